The van der Waals surface area contributed by atoms with Gasteiger partial charge in [-0.1, -0.05) is 13.3 Å². The van der Waals surface area contributed by atoms with Crippen LogP contribution in [0.15, 0.2) is 12.4 Å². The summed E-state index contributed by atoms with van der Waals surface area (Å²) in [5.74, 6) is 1.01. The minimum atomic E-state index is -2.98. The topological polar surface area (TPSA) is 97.1 Å². The first-order chi connectivity index (χ1) is 15.3. The van der Waals surface area contributed by atoms with Gasteiger partial charge < -0.3 is 15.0 Å². The molecule has 0 saturated heterocycles. The molecule has 0 aliphatic heterocycles. The van der Waals surface area contributed by atoms with Gasteiger partial charge in [0.25, 0.3) is 0 Å². The Hall–Kier alpha value is -1.67. The summed E-state index contributed by atoms with van der Waals surface area (Å²) >= 11 is 0. The summed E-state index contributed by atoms with van der Waals surface area (Å²) in [5.41, 5.74) is 2.22. The maximum atomic E-state index is 12.0. The predicted octanol–water partition coefficient (Wildman–Crippen LogP) is 4.58. The molecule has 2 fully saturated rings. The van der Waals surface area contributed by atoms with Crippen molar-refractivity contribution in [3.63, 3.8) is 0 Å². The maximum absolute atomic E-state index is 12.0. The minimum Gasteiger partial charge on any atom is -0.393 e. The molecule has 2 aliphatic carbocycles. The van der Waals surface area contributed by atoms with E-state index in [1.54, 1.807) is 0 Å². The van der Waals surface area contributed by atoms with Gasteiger partial charge in [-0.3, -0.25) is 0 Å². The highest BCUT2D eigenvalue weighted by atomic mass is 32.2. The van der Waals surface area contributed by atoms with Crippen molar-refractivity contribution in [2.75, 3.05) is 11.6 Å². The molecule has 2 heterocycles. The second kappa shape index (κ2) is 9.67. The molecule has 32 heavy (non-hydrogen) atoms. The normalized spacial score (nSPS) is 28.0. The van der Waals surface area contributed by atoms with Gasteiger partial charge in [0.05, 0.1) is 11.4 Å². The van der Waals surface area contributed by atoms with Crippen LogP contribution in [-0.2, 0) is 9.84 Å². The molecule has 0 amide bonds. The zero-order valence-electron chi connectivity index (χ0n) is 19.6. The number of nitrogens with one attached hydrogen (secondary N) is 1. The second-order valence-electron chi connectivity index (χ2n) is 10.0. The van der Waals surface area contributed by atoms with E-state index in [4.69, 9.17) is 4.98 Å². The van der Waals surface area contributed by atoms with Crippen LogP contribution in [0.5, 0.6) is 0 Å². The van der Waals surface area contributed by atoms with E-state index < -0.39 is 9.84 Å². The Morgan fingerprint density at radius 3 is 2.47 bits per heavy atom. The summed E-state index contributed by atoms with van der Waals surface area (Å²) in [6.07, 6.45) is 14.3. The molecule has 2 aromatic rings. The molecule has 0 bridgehead atoms. The van der Waals surface area contributed by atoms with Crippen LogP contribution in [0.2, 0.25) is 0 Å². The molecular formula is C24H38N4O3S. The number of hydrogen-bond acceptors (Lipinski definition) is 6. The molecule has 2 aromatic heterocycles. The van der Waals surface area contributed by atoms with Crippen LogP contribution in [-0.4, -0.2) is 51.7 Å². The Labute approximate surface area is 191 Å². The molecule has 2 aliphatic rings. The molecule has 2 saturated carbocycles. The molecule has 0 aromatic carbocycles. The van der Waals surface area contributed by atoms with E-state index >= 15 is 0 Å². The highest BCUT2D eigenvalue weighted by Gasteiger charge is 2.31. The van der Waals surface area contributed by atoms with Gasteiger partial charge in [-0.25, -0.2) is 13.4 Å². The molecule has 0 unspecified atom stereocenters. The zero-order chi connectivity index (χ0) is 22.9. The van der Waals surface area contributed by atoms with Crippen LogP contribution in [0.3, 0.4) is 0 Å². The molecule has 1 atom stereocenters. The number of fused-ring (bicyclic) bond motifs is 1. The number of sulfone groups is 1. The Balaban J connectivity index is 1.65. The average Bonchev–Trinajstić information content (AvgIpc) is 3.13. The first-order valence-electron chi connectivity index (χ1n) is 12.3. The molecular weight excluding hydrogens is 424 g/mol. The van der Waals surface area contributed by atoms with E-state index in [-0.39, 0.29) is 11.4 Å². The van der Waals surface area contributed by atoms with E-state index in [2.05, 4.69) is 34.9 Å². The Bertz CT molecular complexity index is 1020. The number of rotatable bonds is 7. The molecule has 0 radical (unpaired) electrons. The summed E-state index contributed by atoms with van der Waals surface area (Å²) in [7, 11) is -2.98. The predicted molar refractivity (Wildman–Crippen MR) is 129 cm³/mol. The Morgan fingerprint density at radius 2 is 1.84 bits per heavy atom. The largest absolute Gasteiger partial charge is 0.393 e. The Morgan fingerprint density at radius 1 is 1.16 bits per heavy atom. The quantitative estimate of drug-likeness (QED) is 0.625. The van der Waals surface area contributed by atoms with Crippen LogP contribution >= 0.6 is 0 Å². The molecule has 2 N–H and O–H groups in total. The van der Waals surface area contributed by atoms with E-state index in [1.165, 1.54) is 11.8 Å². The summed E-state index contributed by atoms with van der Waals surface area (Å²) in [6, 6.07) is 0.647. The monoisotopic (exact) mass is 462 g/mol. The van der Waals surface area contributed by atoms with Crippen molar-refractivity contribution in [1.29, 1.82) is 0 Å². The lowest BCUT2D eigenvalue weighted by molar-refractivity contribution is 0.111. The first kappa shape index (κ1) is 23.5. The third-order valence-corrected chi connectivity index (χ3v) is 9.16. The van der Waals surface area contributed by atoms with Gasteiger partial charge in [0, 0.05) is 36.1 Å². The molecule has 4 rings (SSSR count). The van der Waals surface area contributed by atoms with Gasteiger partial charge in [0.2, 0.25) is 5.95 Å². The fourth-order valence-electron chi connectivity index (χ4n) is 5.59. The fraction of sp³-hybridized carbons (Fsp3) is 0.750. The first-order valence-corrected chi connectivity index (χ1v) is 14.2. The van der Waals surface area contributed by atoms with Gasteiger partial charge in [0.1, 0.15) is 15.5 Å². The number of nitrogens with zero attached hydrogens (tertiary/aromatic N) is 3. The van der Waals surface area contributed by atoms with Crippen molar-refractivity contribution in [3.8, 4) is 0 Å². The summed E-state index contributed by atoms with van der Waals surface area (Å²) < 4.78 is 26.3. The van der Waals surface area contributed by atoms with Crippen molar-refractivity contribution in [2.24, 2.45) is 0 Å². The SMILES string of the molecule is CCC[C@H](C)Nc1ncc2c(C3CCC(S(C)(=O)=O)CC3)cn(C3CCC(O)CC3)c2n1. The highest BCUT2D eigenvalue weighted by Crippen LogP contribution is 2.41. The smallest absolute Gasteiger partial charge is 0.224 e. The van der Waals surface area contributed by atoms with Crippen LogP contribution in [0.1, 0.15) is 95.6 Å². The molecule has 178 valence electrons. The number of aliphatic hydroxyl groups excluding tert-OH is 1. The summed E-state index contributed by atoms with van der Waals surface area (Å²) in [4.78, 5) is 9.58. The summed E-state index contributed by atoms with van der Waals surface area (Å²) in [6.45, 7) is 4.33. The van der Waals surface area contributed by atoms with Crippen molar-refractivity contribution in [3.05, 3.63) is 18.0 Å². The van der Waals surface area contributed by atoms with Crippen molar-refractivity contribution in [2.45, 2.75) is 107 Å². The number of aromatic nitrogens is 3. The van der Waals surface area contributed by atoms with E-state index in [0.29, 0.717) is 23.9 Å². The van der Waals surface area contributed by atoms with Crippen molar-refractivity contribution in [1.82, 2.24) is 14.5 Å². The van der Waals surface area contributed by atoms with Gasteiger partial charge in [-0.2, -0.15) is 4.98 Å². The van der Waals surface area contributed by atoms with Crippen LogP contribution in [0.4, 0.5) is 5.95 Å². The van der Waals surface area contributed by atoms with Crippen molar-refractivity contribution < 1.29 is 13.5 Å². The summed E-state index contributed by atoms with van der Waals surface area (Å²) in [5, 5.41) is 14.3. The standard InChI is InChI=1S/C24H38N4O3S/c1-4-5-16(2)26-24-25-14-21-22(17-6-12-20(13-7-17)32(3,30)31)15-28(23(21)27-24)18-8-10-19(29)11-9-18/h14-20,29H,4-13H2,1-3H3,(H,25,26,27)/t16-,17?,18?,19?,20?/m0/s1. The number of anilines is 1. The fourth-order valence-corrected chi connectivity index (χ4v) is 6.72. The minimum absolute atomic E-state index is 0.194. The highest BCUT2D eigenvalue weighted by molar-refractivity contribution is 7.91. The van der Waals surface area contributed by atoms with Crippen LogP contribution in [0, 0.1) is 0 Å². The van der Waals surface area contributed by atoms with E-state index in [0.717, 1.165) is 75.2 Å². The van der Waals surface area contributed by atoms with Gasteiger partial charge in [0.15, 0.2) is 0 Å². The number of hydrogen-bond donors (Lipinski definition) is 2. The average molecular weight is 463 g/mol. The second-order valence-corrected chi connectivity index (χ2v) is 12.3. The van der Waals surface area contributed by atoms with E-state index in [1.807, 2.05) is 6.20 Å². The third-order valence-electron chi connectivity index (χ3n) is 7.48. The third kappa shape index (κ3) is 5.11. The molecule has 0 spiro atoms. The maximum Gasteiger partial charge on any atom is 0.224 e. The molecule has 8 heteroatoms. The van der Waals surface area contributed by atoms with Gasteiger partial charge >= 0.3 is 0 Å². The Kier molecular flexibility index (Phi) is 7.10. The van der Waals surface area contributed by atoms with Crippen molar-refractivity contribution >= 4 is 26.8 Å². The lowest BCUT2D eigenvalue weighted by Crippen LogP contribution is -2.25. The molecule has 7 nitrogen and oxygen atoms in total. The lowest BCUT2D eigenvalue weighted by Gasteiger charge is -2.28. The van der Waals surface area contributed by atoms with Gasteiger partial charge in [-0.15, -0.1) is 0 Å². The van der Waals surface area contributed by atoms with Gasteiger partial charge in [-0.05, 0) is 76.2 Å². The van der Waals surface area contributed by atoms with Crippen LogP contribution < -0.4 is 5.32 Å². The zero-order valence-corrected chi connectivity index (χ0v) is 20.4. The lowest BCUT2D eigenvalue weighted by atomic mass is 9.84. The van der Waals surface area contributed by atoms with Crippen LogP contribution in [0.25, 0.3) is 11.0 Å². The number of aliphatic hydroxyl groups is 1. The van der Waals surface area contributed by atoms with E-state index in [9.17, 15) is 13.5 Å².